The molecule has 0 spiro atoms. The van der Waals surface area contributed by atoms with Crippen LogP contribution in [0.2, 0.25) is 0 Å². The van der Waals surface area contributed by atoms with Gasteiger partial charge in [0.1, 0.15) is 5.75 Å². The minimum atomic E-state index is 0. The topological polar surface area (TPSA) is 50.9 Å². The van der Waals surface area contributed by atoms with E-state index in [1.165, 1.54) is 11.1 Å². The molecule has 5 aromatic carbocycles. The molecule has 0 aliphatic rings. The number of pyridine rings is 1. The molecule has 5 heteroatoms. The summed E-state index contributed by atoms with van der Waals surface area (Å²) < 4.78 is 2.27. The summed E-state index contributed by atoms with van der Waals surface area (Å²) in [5, 5.41) is 12.7. The average molecular weight is 768 g/mol. The molecular weight excluding hydrogens is 734 g/mol. The van der Waals surface area contributed by atoms with E-state index in [2.05, 4.69) is 105 Å². The SMILES string of the molecule is CC(C)c1cc(C(C)C)cc(-n2c(-c3[c-]c(-c4nc(-c5ccccc5O)cc5ccccc45)ccc3)nc3ccccc32)c1.[Pt]. The Morgan fingerprint density at radius 2 is 1.33 bits per heavy atom. The third-order valence-corrected chi connectivity index (χ3v) is 8.33. The second-order valence-electron chi connectivity index (χ2n) is 12.0. The van der Waals surface area contributed by atoms with Gasteiger partial charge in [-0.1, -0.05) is 93.4 Å². The average Bonchev–Trinajstić information content (AvgIpc) is 3.44. The Morgan fingerprint density at radius 3 is 2.09 bits per heavy atom. The molecule has 0 radical (unpaired) electrons. The van der Waals surface area contributed by atoms with Crippen LogP contribution in [0.1, 0.15) is 50.7 Å². The summed E-state index contributed by atoms with van der Waals surface area (Å²) >= 11 is 0. The number of para-hydroxylation sites is 3. The molecule has 0 aliphatic carbocycles. The Kier molecular flexibility index (Phi) is 8.44. The van der Waals surface area contributed by atoms with E-state index in [-0.39, 0.29) is 26.8 Å². The van der Waals surface area contributed by atoms with Gasteiger partial charge in [-0.2, -0.15) is 0 Å². The predicted molar refractivity (Wildman–Crippen MR) is 181 cm³/mol. The van der Waals surface area contributed by atoms with Gasteiger partial charge in [0.25, 0.3) is 0 Å². The number of nitrogens with zero attached hydrogens (tertiary/aromatic N) is 3. The molecule has 0 atom stereocenters. The molecule has 2 aromatic heterocycles. The maximum absolute atomic E-state index is 10.6. The third-order valence-electron chi connectivity index (χ3n) is 8.33. The second-order valence-corrected chi connectivity index (χ2v) is 12.0. The molecule has 0 fully saturated rings. The van der Waals surface area contributed by atoms with E-state index < -0.39 is 0 Å². The number of rotatable bonds is 6. The van der Waals surface area contributed by atoms with Crippen molar-refractivity contribution in [2.24, 2.45) is 0 Å². The summed E-state index contributed by atoms with van der Waals surface area (Å²) in [6.07, 6.45) is 0. The van der Waals surface area contributed by atoms with Crippen molar-refractivity contribution in [1.29, 1.82) is 0 Å². The van der Waals surface area contributed by atoms with Crippen LogP contribution in [0.25, 0.3) is 61.4 Å². The number of aromatic hydroxyl groups is 1. The van der Waals surface area contributed by atoms with Gasteiger partial charge in [-0.15, -0.1) is 24.3 Å². The number of hydrogen-bond donors (Lipinski definition) is 1. The maximum Gasteiger partial charge on any atom is 0.124 e. The van der Waals surface area contributed by atoms with E-state index in [0.717, 1.165) is 55.8 Å². The fraction of sp³-hybridized carbons (Fsp3) is 0.150. The van der Waals surface area contributed by atoms with Gasteiger partial charge < -0.3 is 9.67 Å². The first-order valence-electron chi connectivity index (χ1n) is 15.2. The van der Waals surface area contributed by atoms with Gasteiger partial charge in [0.05, 0.1) is 22.6 Å². The molecule has 0 saturated heterocycles. The molecule has 0 saturated carbocycles. The van der Waals surface area contributed by atoms with E-state index >= 15 is 0 Å². The number of phenols is 1. The van der Waals surface area contributed by atoms with E-state index in [0.29, 0.717) is 17.4 Å². The molecule has 4 nitrogen and oxygen atoms in total. The van der Waals surface area contributed by atoms with Crippen molar-refractivity contribution in [1.82, 2.24) is 14.5 Å². The smallest absolute Gasteiger partial charge is 0.124 e. The number of phenolic OH excluding ortho intramolecular Hbond substituents is 1. The van der Waals surface area contributed by atoms with Crippen LogP contribution >= 0.6 is 0 Å². The van der Waals surface area contributed by atoms with Crippen molar-refractivity contribution < 1.29 is 26.2 Å². The molecule has 2 heterocycles. The van der Waals surface area contributed by atoms with Crippen LogP contribution in [0.15, 0.2) is 115 Å². The third kappa shape index (κ3) is 5.71. The van der Waals surface area contributed by atoms with Crippen LogP contribution in [0.5, 0.6) is 5.75 Å². The number of aromatic nitrogens is 3. The zero-order chi connectivity index (χ0) is 30.4. The van der Waals surface area contributed by atoms with Crippen molar-refractivity contribution in [2.75, 3.05) is 0 Å². The zero-order valence-corrected chi connectivity index (χ0v) is 28.0. The van der Waals surface area contributed by atoms with Crippen molar-refractivity contribution in [3.05, 3.63) is 132 Å². The van der Waals surface area contributed by atoms with Gasteiger partial charge in [-0.05, 0) is 76.2 Å². The van der Waals surface area contributed by atoms with Crippen molar-refractivity contribution in [3.63, 3.8) is 0 Å². The first-order chi connectivity index (χ1) is 21.4. The standard InChI is InChI=1S/C40H34N3O.Pt/c1-25(2)30-21-31(26(3)4)23-32(22-30)43-37-18-9-8-17-35(37)42-40(43)29-14-11-13-28(20-29)39-33-15-6-5-12-27(33)24-36(41-39)34-16-7-10-19-38(34)44;/h5-19,21-26,44H,1-4H3;/q-1;. The molecule has 1 N–H and O–H groups in total. The monoisotopic (exact) mass is 767 g/mol. The Labute approximate surface area is 278 Å². The molecule has 45 heavy (non-hydrogen) atoms. The number of imidazole rings is 1. The summed E-state index contributed by atoms with van der Waals surface area (Å²) in [5.74, 6) is 1.84. The molecule has 0 bridgehead atoms. The van der Waals surface area contributed by atoms with Gasteiger partial charge in [-0.3, -0.25) is 9.97 Å². The largest absolute Gasteiger partial charge is 0.507 e. The fourth-order valence-electron chi connectivity index (χ4n) is 5.89. The normalized spacial score (nSPS) is 11.4. The molecular formula is C40H34N3OPt-. The molecule has 7 aromatic rings. The zero-order valence-electron chi connectivity index (χ0n) is 25.7. The molecule has 7 rings (SSSR count). The van der Waals surface area contributed by atoms with Gasteiger partial charge in [0.2, 0.25) is 0 Å². The molecule has 0 amide bonds. The number of benzene rings is 5. The van der Waals surface area contributed by atoms with Crippen LogP contribution in [0.4, 0.5) is 0 Å². The Balaban J connectivity index is 0.00000357. The minimum Gasteiger partial charge on any atom is -0.507 e. The summed E-state index contributed by atoms with van der Waals surface area (Å²) in [6.45, 7) is 8.98. The Morgan fingerprint density at radius 1 is 0.667 bits per heavy atom. The van der Waals surface area contributed by atoms with E-state index in [1.54, 1.807) is 6.07 Å². The molecule has 0 aliphatic heterocycles. The summed E-state index contributed by atoms with van der Waals surface area (Å²) in [7, 11) is 0. The Hall–Kier alpha value is -4.53. The van der Waals surface area contributed by atoms with E-state index in [1.807, 2.05) is 42.5 Å². The molecule has 0 unspecified atom stereocenters. The first kappa shape index (κ1) is 30.5. The van der Waals surface area contributed by atoms with Crippen LogP contribution in [0, 0.1) is 6.07 Å². The second kappa shape index (κ2) is 12.5. The summed E-state index contributed by atoms with van der Waals surface area (Å²) in [5.41, 5.74) is 9.70. The van der Waals surface area contributed by atoms with Gasteiger partial charge >= 0.3 is 0 Å². The van der Waals surface area contributed by atoms with E-state index in [4.69, 9.17) is 9.97 Å². The van der Waals surface area contributed by atoms with Crippen LogP contribution < -0.4 is 0 Å². The Bertz CT molecular complexity index is 2140. The number of hydrogen-bond acceptors (Lipinski definition) is 3. The summed E-state index contributed by atoms with van der Waals surface area (Å²) in [6, 6.07) is 42.7. The van der Waals surface area contributed by atoms with Gasteiger partial charge in [0, 0.05) is 38.0 Å². The fourth-order valence-corrected chi connectivity index (χ4v) is 5.89. The van der Waals surface area contributed by atoms with E-state index in [9.17, 15) is 5.11 Å². The van der Waals surface area contributed by atoms with Gasteiger partial charge in [0.15, 0.2) is 0 Å². The van der Waals surface area contributed by atoms with Crippen LogP contribution in [0.3, 0.4) is 0 Å². The van der Waals surface area contributed by atoms with Crippen LogP contribution in [-0.4, -0.2) is 19.6 Å². The van der Waals surface area contributed by atoms with Crippen molar-refractivity contribution >= 4 is 21.8 Å². The maximum atomic E-state index is 10.6. The first-order valence-corrected chi connectivity index (χ1v) is 15.2. The molecule has 226 valence electrons. The minimum absolute atomic E-state index is 0. The predicted octanol–water partition coefficient (Wildman–Crippen LogP) is 10.3. The van der Waals surface area contributed by atoms with Gasteiger partial charge in [-0.25, -0.2) is 0 Å². The van der Waals surface area contributed by atoms with Crippen molar-refractivity contribution in [2.45, 2.75) is 39.5 Å². The van der Waals surface area contributed by atoms with Crippen LogP contribution in [-0.2, 0) is 21.1 Å². The number of fused-ring (bicyclic) bond motifs is 2. The summed E-state index contributed by atoms with van der Waals surface area (Å²) in [4.78, 5) is 10.3. The van der Waals surface area contributed by atoms with Crippen molar-refractivity contribution in [3.8, 4) is 45.3 Å². The quantitative estimate of drug-likeness (QED) is 0.172.